The summed E-state index contributed by atoms with van der Waals surface area (Å²) in [5, 5.41) is 28.8. The van der Waals surface area contributed by atoms with Crippen molar-refractivity contribution in [2.75, 3.05) is 0 Å². The minimum Gasteiger partial charge on any atom is -0.198 e. The van der Waals surface area contributed by atoms with Crippen molar-refractivity contribution in [3.05, 3.63) is 11.0 Å². The second-order valence-corrected chi connectivity index (χ2v) is 10.8. The van der Waals surface area contributed by atoms with Crippen LogP contribution in [-0.4, -0.2) is 7.85 Å². The van der Waals surface area contributed by atoms with E-state index in [9.17, 15) is 15.8 Å². The first-order valence-corrected chi connectivity index (χ1v) is 9.34. The van der Waals surface area contributed by atoms with Crippen molar-refractivity contribution in [2.45, 2.75) is 82.1 Å². The van der Waals surface area contributed by atoms with Crippen LogP contribution in [0.25, 0.3) is 0 Å². The molecule has 0 aliphatic heterocycles. The van der Waals surface area contributed by atoms with Gasteiger partial charge in [-0.05, 0) is 65.2 Å². The minimum atomic E-state index is -0.600. The van der Waals surface area contributed by atoms with Gasteiger partial charge in [-0.3, -0.25) is 0 Å². The Kier molecular flexibility index (Phi) is 6.99. The number of nitrogens with zero attached hydrogens (tertiary/aromatic N) is 3. The minimum absolute atomic E-state index is 0.271. The van der Waals surface area contributed by atoms with E-state index in [2.05, 4.69) is 45.9 Å². The predicted molar refractivity (Wildman–Crippen MR) is 111 cm³/mol. The van der Waals surface area contributed by atoms with Gasteiger partial charge in [0.25, 0.3) is 0 Å². The van der Waals surface area contributed by atoms with Crippen LogP contribution in [0.2, 0.25) is 0 Å². The highest BCUT2D eigenvalue weighted by Gasteiger charge is 2.43. The highest BCUT2D eigenvalue weighted by Crippen LogP contribution is 2.53. The van der Waals surface area contributed by atoms with Gasteiger partial charge in [0, 0.05) is 0 Å². The van der Waals surface area contributed by atoms with Crippen LogP contribution in [0, 0.1) is 61.1 Å². The average molecular weight is 353 g/mol. The van der Waals surface area contributed by atoms with E-state index in [0.717, 1.165) is 5.47 Å². The quantitative estimate of drug-likeness (QED) is 0.579. The van der Waals surface area contributed by atoms with Gasteiger partial charge in [0.15, 0.2) is 0 Å². The van der Waals surface area contributed by atoms with E-state index in [-0.39, 0.29) is 10.8 Å². The second kappa shape index (κ2) is 7.49. The van der Waals surface area contributed by atoms with Crippen molar-refractivity contribution in [1.82, 2.24) is 0 Å². The third-order valence-corrected chi connectivity index (χ3v) is 5.32. The summed E-state index contributed by atoms with van der Waals surface area (Å²) in [7, 11) is 2.04. The third-order valence-electron chi connectivity index (χ3n) is 5.32. The monoisotopic (exact) mass is 353 g/mol. The number of rotatable bonds is 7. The Bertz CT molecular complexity index is 644. The van der Waals surface area contributed by atoms with Crippen molar-refractivity contribution in [2.24, 2.45) is 27.1 Å². The van der Waals surface area contributed by atoms with Gasteiger partial charge in [0.2, 0.25) is 0 Å². The molecule has 0 radical (unpaired) electrons. The normalized spacial score (nSPS) is 13.3. The van der Waals surface area contributed by atoms with Crippen molar-refractivity contribution in [1.29, 1.82) is 15.8 Å². The molecule has 0 fully saturated rings. The lowest BCUT2D eigenvalue weighted by atomic mass is 9.55. The number of allylic oxidation sites excluding steroid dienone is 2. The summed E-state index contributed by atoms with van der Waals surface area (Å²) >= 11 is 0. The first-order valence-electron chi connectivity index (χ1n) is 9.34. The highest BCUT2D eigenvalue weighted by molar-refractivity contribution is 6.23. The summed E-state index contributed by atoms with van der Waals surface area (Å²) in [5.41, 5.74) is 0.177. The fourth-order valence-corrected chi connectivity index (χ4v) is 4.79. The summed E-state index contributed by atoms with van der Waals surface area (Å²) in [5.74, 6) is 0. The zero-order valence-electron chi connectivity index (χ0n) is 18.8. The largest absolute Gasteiger partial charge is 0.198 e. The van der Waals surface area contributed by atoms with Crippen LogP contribution in [0.1, 0.15) is 82.1 Å². The molecule has 142 valence electrons. The van der Waals surface area contributed by atoms with Gasteiger partial charge in [-0.25, -0.2) is 0 Å². The molecule has 0 aliphatic carbocycles. The topological polar surface area (TPSA) is 71.4 Å². The molecule has 0 heterocycles. The number of hydrogen-bond donors (Lipinski definition) is 0. The van der Waals surface area contributed by atoms with Gasteiger partial charge in [0.1, 0.15) is 7.85 Å². The molecule has 26 heavy (non-hydrogen) atoms. The molecule has 0 aliphatic rings. The van der Waals surface area contributed by atoms with E-state index in [1.807, 2.05) is 49.4 Å². The molecular weight excluding hydrogens is 317 g/mol. The van der Waals surface area contributed by atoms with E-state index >= 15 is 0 Å². The van der Waals surface area contributed by atoms with Crippen LogP contribution in [0.5, 0.6) is 0 Å². The molecule has 0 bridgehead atoms. The van der Waals surface area contributed by atoms with Gasteiger partial charge < -0.3 is 0 Å². The van der Waals surface area contributed by atoms with Crippen molar-refractivity contribution in [3.63, 3.8) is 0 Å². The Morgan fingerprint density at radius 2 is 0.962 bits per heavy atom. The smallest absolute Gasteiger partial charge is 0.135 e. The molecule has 0 amide bonds. The summed E-state index contributed by atoms with van der Waals surface area (Å²) in [6, 6.07) is 7.26. The zero-order valence-corrected chi connectivity index (χ0v) is 18.8. The van der Waals surface area contributed by atoms with E-state index in [1.54, 1.807) is 0 Å². The molecule has 0 saturated carbocycles. The predicted octanol–water partition coefficient (Wildman–Crippen LogP) is 5.36. The number of nitriles is 3. The lowest BCUT2D eigenvalue weighted by molar-refractivity contribution is 0.198. The molecule has 0 aromatic carbocycles. The van der Waals surface area contributed by atoms with E-state index in [4.69, 9.17) is 0 Å². The first kappa shape index (κ1) is 24.3. The third kappa shape index (κ3) is 5.92. The molecule has 0 spiro atoms. The average Bonchev–Trinajstić information content (AvgIpc) is 2.44. The van der Waals surface area contributed by atoms with E-state index in [1.165, 1.54) is 5.57 Å². The molecule has 0 atom stereocenters. The van der Waals surface area contributed by atoms with Gasteiger partial charge >= 0.3 is 0 Å². The molecule has 0 rings (SSSR count). The Morgan fingerprint density at radius 3 is 1.19 bits per heavy atom. The van der Waals surface area contributed by atoms with Crippen LogP contribution in [0.4, 0.5) is 0 Å². The van der Waals surface area contributed by atoms with Crippen LogP contribution in [0.3, 0.4) is 0 Å². The maximum Gasteiger partial charge on any atom is 0.135 e. The summed E-state index contributed by atoms with van der Waals surface area (Å²) in [6.07, 6.45) is 1.39. The van der Waals surface area contributed by atoms with Crippen LogP contribution in [-0.2, 0) is 0 Å². The molecule has 0 saturated heterocycles. The van der Waals surface area contributed by atoms with Crippen LogP contribution >= 0.6 is 0 Å². The fraction of sp³-hybridized carbons (Fsp3) is 0.773. The summed E-state index contributed by atoms with van der Waals surface area (Å²) in [6.45, 7) is 20.4. The van der Waals surface area contributed by atoms with Gasteiger partial charge in [-0.15, -0.1) is 0 Å². The van der Waals surface area contributed by atoms with Crippen LogP contribution in [0.15, 0.2) is 11.0 Å². The van der Waals surface area contributed by atoms with E-state index in [0.29, 0.717) is 12.8 Å². The maximum absolute atomic E-state index is 9.71. The zero-order chi connectivity index (χ0) is 21.2. The molecule has 0 aromatic heterocycles. The maximum atomic E-state index is 9.71. The molecule has 3 nitrogen and oxygen atoms in total. The first-order chi connectivity index (χ1) is 11.4. The highest BCUT2D eigenvalue weighted by atomic mass is 14.5. The summed E-state index contributed by atoms with van der Waals surface area (Å²) in [4.78, 5) is 0. The van der Waals surface area contributed by atoms with Gasteiger partial charge in [-0.2, -0.15) is 15.8 Å². The van der Waals surface area contributed by atoms with Crippen LogP contribution < -0.4 is 0 Å². The van der Waals surface area contributed by atoms with Crippen molar-refractivity contribution < 1.29 is 0 Å². The SMILES string of the molecule is BC(=C(C(C)(C)CC(C)(C)C#N)C(C)(C)CC(C)(C)C#N)C(C)(C)C#N. The molecule has 0 aromatic rings. The summed E-state index contributed by atoms with van der Waals surface area (Å²) < 4.78 is 0. The van der Waals surface area contributed by atoms with Crippen molar-refractivity contribution >= 4 is 7.85 Å². The van der Waals surface area contributed by atoms with Gasteiger partial charge in [0.05, 0.1) is 34.5 Å². The Hall–Kier alpha value is -1.73. The Labute approximate surface area is 162 Å². The second-order valence-electron chi connectivity index (χ2n) is 10.8. The molecular formula is C22H36BN3. The number of hydrogen-bond acceptors (Lipinski definition) is 3. The van der Waals surface area contributed by atoms with Crippen molar-refractivity contribution in [3.8, 4) is 18.2 Å². The fourth-order valence-electron chi connectivity index (χ4n) is 4.79. The molecule has 0 N–H and O–H groups in total. The Balaban J connectivity index is 6.64. The Morgan fingerprint density at radius 1 is 0.654 bits per heavy atom. The van der Waals surface area contributed by atoms with Gasteiger partial charge in [-0.1, -0.05) is 38.7 Å². The molecule has 4 heteroatoms. The molecule has 0 unspecified atom stereocenters. The lowest BCUT2D eigenvalue weighted by Gasteiger charge is -2.46. The lowest BCUT2D eigenvalue weighted by Crippen LogP contribution is -2.37. The van der Waals surface area contributed by atoms with E-state index < -0.39 is 16.2 Å². The standard InChI is InChI=1S/C22H36BN3/c1-18(2,13-24)11-20(5,6)16(17(23)22(9,10)15-26)21(7,8)12-19(3,4)14-25/h11-12,23H2,1-10H3.